The van der Waals surface area contributed by atoms with Crippen molar-refractivity contribution in [2.45, 2.75) is 26.9 Å². The van der Waals surface area contributed by atoms with Crippen LogP contribution in [0.4, 0.5) is 14.9 Å². The quantitative estimate of drug-likeness (QED) is 0.838. The van der Waals surface area contributed by atoms with Gasteiger partial charge in [0.1, 0.15) is 5.82 Å². The van der Waals surface area contributed by atoms with Crippen molar-refractivity contribution in [3.8, 4) is 0 Å². The molecule has 2 amide bonds. The second kappa shape index (κ2) is 8.58. The van der Waals surface area contributed by atoms with E-state index in [-0.39, 0.29) is 24.3 Å². The van der Waals surface area contributed by atoms with Gasteiger partial charge in [-0.25, -0.2) is 9.18 Å². The average molecular weight is 345 g/mol. The number of pyridine rings is 1. The van der Waals surface area contributed by atoms with Gasteiger partial charge in [0.2, 0.25) is 0 Å². The van der Waals surface area contributed by atoms with Crippen molar-refractivity contribution in [3.05, 3.63) is 59.7 Å². The van der Waals surface area contributed by atoms with Gasteiger partial charge in [-0.3, -0.25) is 4.98 Å². The monoisotopic (exact) mass is 345 g/mol. The molecule has 1 aromatic carbocycles. The largest absolute Gasteiger partial charge is 0.387 e. The predicted molar refractivity (Wildman–Crippen MR) is 95.8 cm³/mol. The Morgan fingerprint density at radius 1 is 1.24 bits per heavy atom. The Labute approximate surface area is 147 Å². The number of aliphatic hydroxyl groups excluding tert-OH is 1. The van der Waals surface area contributed by atoms with Gasteiger partial charge in [0.15, 0.2) is 0 Å². The van der Waals surface area contributed by atoms with Crippen molar-refractivity contribution in [2.75, 3.05) is 18.4 Å². The maximum Gasteiger partial charge on any atom is 0.321 e. The van der Waals surface area contributed by atoms with E-state index < -0.39 is 6.10 Å². The summed E-state index contributed by atoms with van der Waals surface area (Å²) in [6, 6.07) is 7.09. The number of hydrogen-bond donors (Lipinski definition) is 2. The van der Waals surface area contributed by atoms with Gasteiger partial charge in [-0.2, -0.15) is 0 Å². The summed E-state index contributed by atoms with van der Waals surface area (Å²) in [5.74, 6) is -0.120. The number of aliphatic hydroxyl groups is 1. The lowest BCUT2D eigenvalue weighted by Gasteiger charge is -2.27. The van der Waals surface area contributed by atoms with E-state index in [0.29, 0.717) is 17.8 Å². The molecule has 2 aromatic rings. The Morgan fingerprint density at radius 2 is 1.92 bits per heavy atom. The van der Waals surface area contributed by atoms with E-state index in [4.69, 9.17) is 0 Å². The second-order valence-corrected chi connectivity index (χ2v) is 6.49. The fraction of sp³-hybridized carbons (Fsp3) is 0.368. The number of carbonyl (C=O) groups is 1. The smallest absolute Gasteiger partial charge is 0.321 e. The first-order chi connectivity index (χ1) is 11.9. The van der Waals surface area contributed by atoms with Gasteiger partial charge in [0.05, 0.1) is 12.6 Å². The molecule has 25 heavy (non-hydrogen) atoms. The predicted octanol–water partition coefficient (Wildman–Crippen LogP) is 3.75. The number of urea groups is 1. The number of anilines is 1. The summed E-state index contributed by atoms with van der Waals surface area (Å²) in [6.45, 7) is 6.49. The summed E-state index contributed by atoms with van der Waals surface area (Å²) < 4.78 is 13.0. The van der Waals surface area contributed by atoms with Crippen molar-refractivity contribution in [1.29, 1.82) is 0 Å². The van der Waals surface area contributed by atoms with Crippen LogP contribution in [-0.4, -0.2) is 34.1 Å². The van der Waals surface area contributed by atoms with Gasteiger partial charge in [-0.1, -0.05) is 26.0 Å². The number of halogens is 1. The van der Waals surface area contributed by atoms with E-state index in [1.807, 2.05) is 20.8 Å². The van der Waals surface area contributed by atoms with E-state index in [2.05, 4.69) is 10.3 Å². The maximum absolute atomic E-state index is 13.0. The van der Waals surface area contributed by atoms with E-state index in [0.717, 1.165) is 5.56 Å². The van der Waals surface area contributed by atoms with Crippen molar-refractivity contribution in [1.82, 2.24) is 9.88 Å². The molecule has 0 spiro atoms. The number of carbonyl (C=O) groups excluding carboxylic acids is 1. The molecule has 0 aliphatic carbocycles. The first-order valence-corrected chi connectivity index (χ1v) is 8.27. The Kier molecular flexibility index (Phi) is 6.47. The van der Waals surface area contributed by atoms with Crippen LogP contribution in [0.15, 0.2) is 42.7 Å². The minimum Gasteiger partial charge on any atom is -0.387 e. The summed E-state index contributed by atoms with van der Waals surface area (Å²) in [7, 11) is 0. The Balaban J connectivity index is 2.10. The molecule has 0 saturated heterocycles. The van der Waals surface area contributed by atoms with Crippen LogP contribution in [0, 0.1) is 18.7 Å². The molecule has 0 bridgehead atoms. The van der Waals surface area contributed by atoms with Gasteiger partial charge in [-0.15, -0.1) is 0 Å². The normalized spacial score (nSPS) is 12.1. The van der Waals surface area contributed by atoms with Crippen molar-refractivity contribution in [2.24, 2.45) is 5.92 Å². The Bertz CT molecular complexity index is 704. The summed E-state index contributed by atoms with van der Waals surface area (Å²) in [5.41, 5.74) is 2.12. The fourth-order valence-electron chi connectivity index (χ4n) is 2.49. The fourth-order valence-corrected chi connectivity index (χ4v) is 2.49. The van der Waals surface area contributed by atoms with Gasteiger partial charge in [0.25, 0.3) is 0 Å². The summed E-state index contributed by atoms with van der Waals surface area (Å²) in [6.07, 6.45) is 2.40. The standard InChI is InChI=1S/C19H24FN3O2/c1-13(2)11-23(12-18(24)15-4-6-16(20)7-5-15)19(25)22-17-8-9-21-10-14(17)3/h4-10,13,18,24H,11-12H2,1-3H3,(H,21,22,25). The van der Waals surface area contributed by atoms with Gasteiger partial charge in [-0.05, 0) is 42.2 Å². The van der Waals surface area contributed by atoms with Crippen molar-refractivity contribution >= 4 is 11.7 Å². The van der Waals surface area contributed by atoms with Gasteiger partial charge < -0.3 is 15.3 Å². The van der Waals surface area contributed by atoms with Gasteiger partial charge in [0, 0.05) is 24.6 Å². The van der Waals surface area contributed by atoms with Crippen LogP contribution >= 0.6 is 0 Å². The molecule has 1 heterocycles. The number of hydrogen-bond acceptors (Lipinski definition) is 3. The summed E-state index contributed by atoms with van der Waals surface area (Å²) in [5, 5.41) is 13.3. The first kappa shape index (κ1) is 18.9. The van der Waals surface area contributed by atoms with E-state index >= 15 is 0 Å². The Morgan fingerprint density at radius 3 is 2.52 bits per heavy atom. The molecule has 134 valence electrons. The molecule has 1 aromatic heterocycles. The zero-order chi connectivity index (χ0) is 18.4. The molecular weight excluding hydrogens is 321 g/mol. The molecule has 0 radical (unpaired) electrons. The number of aryl methyl sites for hydroxylation is 1. The van der Waals surface area contributed by atoms with Crippen LogP contribution in [0.1, 0.15) is 31.1 Å². The van der Waals surface area contributed by atoms with E-state index in [9.17, 15) is 14.3 Å². The summed E-state index contributed by atoms with van der Waals surface area (Å²) >= 11 is 0. The molecule has 1 unspecified atom stereocenters. The van der Waals surface area contributed by atoms with Crippen LogP contribution in [0.3, 0.4) is 0 Å². The van der Waals surface area contributed by atoms with Crippen molar-refractivity contribution < 1.29 is 14.3 Å². The zero-order valence-electron chi connectivity index (χ0n) is 14.7. The minimum atomic E-state index is -0.886. The molecule has 5 nitrogen and oxygen atoms in total. The highest BCUT2D eigenvalue weighted by molar-refractivity contribution is 5.90. The number of amides is 2. The Hall–Kier alpha value is -2.47. The minimum absolute atomic E-state index is 0.125. The maximum atomic E-state index is 13.0. The third-order valence-electron chi connectivity index (χ3n) is 3.78. The van der Waals surface area contributed by atoms with Crippen LogP contribution in [-0.2, 0) is 0 Å². The highest BCUT2D eigenvalue weighted by atomic mass is 19.1. The average Bonchev–Trinajstić information content (AvgIpc) is 2.56. The van der Waals surface area contributed by atoms with E-state index in [1.54, 1.807) is 23.4 Å². The molecule has 0 saturated carbocycles. The molecule has 0 aliphatic heterocycles. The molecule has 6 heteroatoms. The number of aromatic nitrogens is 1. The molecular formula is C19H24FN3O2. The molecule has 1 atom stereocenters. The van der Waals surface area contributed by atoms with Crippen LogP contribution in [0.25, 0.3) is 0 Å². The molecule has 2 N–H and O–H groups in total. The third kappa shape index (κ3) is 5.53. The molecule has 0 fully saturated rings. The topological polar surface area (TPSA) is 65.5 Å². The van der Waals surface area contributed by atoms with Gasteiger partial charge >= 0.3 is 6.03 Å². The summed E-state index contributed by atoms with van der Waals surface area (Å²) in [4.78, 5) is 18.2. The van der Waals surface area contributed by atoms with Crippen LogP contribution in [0.5, 0.6) is 0 Å². The van der Waals surface area contributed by atoms with Crippen molar-refractivity contribution in [3.63, 3.8) is 0 Å². The second-order valence-electron chi connectivity index (χ2n) is 6.49. The lowest BCUT2D eigenvalue weighted by atomic mass is 10.1. The molecule has 2 rings (SSSR count). The first-order valence-electron chi connectivity index (χ1n) is 8.27. The molecule has 0 aliphatic rings. The van der Waals surface area contributed by atoms with Crippen LogP contribution < -0.4 is 5.32 Å². The lowest BCUT2D eigenvalue weighted by Crippen LogP contribution is -2.40. The third-order valence-corrected chi connectivity index (χ3v) is 3.78. The SMILES string of the molecule is Cc1cnccc1NC(=O)N(CC(C)C)CC(O)c1ccc(F)cc1. The lowest BCUT2D eigenvalue weighted by molar-refractivity contribution is 0.121. The number of nitrogens with one attached hydrogen (secondary N) is 1. The number of nitrogens with zero attached hydrogens (tertiary/aromatic N) is 2. The number of benzene rings is 1. The van der Waals surface area contributed by atoms with E-state index in [1.165, 1.54) is 24.3 Å². The highest BCUT2D eigenvalue weighted by Crippen LogP contribution is 2.18. The highest BCUT2D eigenvalue weighted by Gasteiger charge is 2.20. The number of rotatable bonds is 6. The van der Waals surface area contributed by atoms with Crippen LogP contribution in [0.2, 0.25) is 0 Å². The zero-order valence-corrected chi connectivity index (χ0v) is 14.7.